The number of carbonyl (C=O) groups is 1. The number of anilines is 1. The average Bonchev–Trinajstić information content (AvgIpc) is 2.82. The summed E-state index contributed by atoms with van der Waals surface area (Å²) in [6.45, 7) is 0. The van der Waals surface area contributed by atoms with Gasteiger partial charge in [0.2, 0.25) is 5.91 Å². The number of hydrogen-bond donors (Lipinski definition) is 1. The van der Waals surface area contributed by atoms with Crippen LogP contribution in [0, 0.1) is 12.3 Å². The predicted molar refractivity (Wildman–Crippen MR) is 75.2 cm³/mol. The van der Waals surface area contributed by atoms with Gasteiger partial charge in [-0.15, -0.1) is 6.42 Å². The average molecular weight is 251 g/mol. The molecule has 19 heavy (non-hydrogen) atoms. The second-order valence-electron chi connectivity index (χ2n) is 4.00. The maximum Gasteiger partial charge on any atom is 0.248 e. The summed E-state index contributed by atoms with van der Waals surface area (Å²) in [5, 5.41) is 6.76. The molecule has 1 N–H and O–H groups in total. The zero-order valence-corrected chi connectivity index (χ0v) is 10.5. The molecule has 4 nitrogen and oxygen atoms in total. The summed E-state index contributed by atoms with van der Waals surface area (Å²) < 4.78 is 1.67. The molecule has 0 unspecified atom stereocenters. The summed E-state index contributed by atoms with van der Waals surface area (Å²) in [6, 6.07) is 7.14. The van der Waals surface area contributed by atoms with Gasteiger partial charge in [0.1, 0.15) is 0 Å². The summed E-state index contributed by atoms with van der Waals surface area (Å²) in [5.41, 5.74) is 2.28. The van der Waals surface area contributed by atoms with E-state index in [1.165, 1.54) is 6.08 Å². The lowest BCUT2D eigenvalue weighted by Gasteiger charge is -2.02. The fraction of sp³-hybridized carbons (Fsp3) is 0.0667. The third-order valence-electron chi connectivity index (χ3n) is 2.45. The molecule has 1 aromatic heterocycles. The lowest BCUT2D eigenvalue weighted by molar-refractivity contribution is -0.111. The van der Waals surface area contributed by atoms with Gasteiger partial charge in [-0.3, -0.25) is 9.48 Å². The lowest BCUT2D eigenvalue weighted by Crippen LogP contribution is -2.07. The first kappa shape index (κ1) is 12.7. The second kappa shape index (κ2) is 5.69. The molecule has 94 valence electrons. The van der Waals surface area contributed by atoms with Crippen molar-refractivity contribution in [2.24, 2.45) is 7.05 Å². The Kier molecular flexibility index (Phi) is 3.79. The number of terminal acetylenes is 1. The van der Waals surface area contributed by atoms with Crippen molar-refractivity contribution in [1.29, 1.82) is 0 Å². The number of amides is 1. The zero-order valence-electron chi connectivity index (χ0n) is 10.5. The van der Waals surface area contributed by atoms with Crippen molar-refractivity contribution in [3.8, 4) is 12.3 Å². The van der Waals surface area contributed by atoms with Crippen molar-refractivity contribution >= 4 is 17.7 Å². The summed E-state index contributed by atoms with van der Waals surface area (Å²) in [4.78, 5) is 11.7. The number of aromatic nitrogens is 2. The minimum atomic E-state index is -0.210. The molecule has 0 aliphatic heterocycles. The Hall–Kier alpha value is -2.80. The van der Waals surface area contributed by atoms with Gasteiger partial charge in [0, 0.05) is 36.1 Å². The number of benzene rings is 1. The first-order chi connectivity index (χ1) is 9.17. The zero-order chi connectivity index (χ0) is 13.7. The Morgan fingerprint density at radius 3 is 3.05 bits per heavy atom. The molecule has 0 radical (unpaired) electrons. The fourth-order valence-electron chi connectivity index (χ4n) is 1.57. The number of rotatable bonds is 3. The van der Waals surface area contributed by atoms with E-state index in [0.717, 1.165) is 11.1 Å². The lowest BCUT2D eigenvalue weighted by atomic mass is 10.2. The van der Waals surface area contributed by atoms with Crippen molar-refractivity contribution in [1.82, 2.24) is 9.78 Å². The van der Waals surface area contributed by atoms with Gasteiger partial charge in [-0.1, -0.05) is 12.0 Å². The van der Waals surface area contributed by atoms with Crippen LogP contribution in [0.25, 0.3) is 6.08 Å². The van der Waals surface area contributed by atoms with Crippen LogP contribution in [0.15, 0.2) is 42.7 Å². The van der Waals surface area contributed by atoms with Crippen LogP contribution in [0.3, 0.4) is 0 Å². The van der Waals surface area contributed by atoms with Crippen LogP contribution in [0.1, 0.15) is 11.1 Å². The van der Waals surface area contributed by atoms with Crippen LogP contribution in [0.4, 0.5) is 5.69 Å². The molecule has 1 amide bonds. The highest BCUT2D eigenvalue weighted by molar-refractivity contribution is 6.01. The molecule has 1 heterocycles. The molecule has 0 saturated carbocycles. The van der Waals surface area contributed by atoms with E-state index < -0.39 is 0 Å². The van der Waals surface area contributed by atoms with E-state index in [-0.39, 0.29) is 5.91 Å². The molecular weight excluding hydrogens is 238 g/mol. The van der Waals surface area contributed by atoms with Crippen LogP contribution >= 0.6 is 0 Å². The molecule has 0 atom stereocenters. The van der Waals surface area contributed by atoms with Gasteiger partial charge in [0.25, 0.3) is 0 Å². The Labute approximate surface area is 111 Å². The van der Waals surface area contributed by atoms with E-state index in [2.05, 4.69) is 16.3 Å². The van der Waals surface area contributed by atoms with Gasteiger partial charge in [0.15, 0.2) is 0 Å². The minimum absolute atomic E-state index is 0.210. The van der Waals surface area contributed by atoms with Gasteiger partial charge < -0.3 is 5.32 Å². The van der Waals surface area contributed by atoms with E-state index >= 15 is 0 Å². The molecule has 0 aliphatic carbocycles. The second-order valence-corrected chi connectivity index (χ2v) is 4.00. The Bertz CT molecular complexity index is 662. The van der Waals surface area contributed by atoms with Crippen molar-refractivity contribution in [3.63, 3.8) is 0 Å². The third-order valence-corrected chi connectivity index (χ3v) is 2.45. The van der Waals surface area contributed by atoms with Crippen molar-refractivity contribution < 1.29 is 4.79 Å². The normalized spacial score (nSPS) is 10.3. The van der Waals surface area contributed by atoms with E-state index in [1.807, 2.05) is 13.2 Å². The maximum absolute atomic E-state index is 11.7. The van der Waals surface area contributed by atoms with E-state index in [9.17, 15) is 4.79 Å². The summed E-state index contributed by atoms with van der Waals surface area (Å²) in [7, 11) is 1.82. The first-order valence-corrected chi connectivity index (χ1v) is 5.72. The Balaban J connectivity index is 2.01. The fourth-order valence-corrected chi connectivity index (χ4v) is 1.57. The molecule has 2 aromatic rings. The van der Waals surface area contributed by atoms with Crippen molar-refractivity contribution in [2.45, 2.75) is 0 Å². The standard InChI is InChI=1S/C15H13N3O/c1-3-12-5-4-6-14(9-12)17-15(19)8-7-13-10-16-18(2)11-13/h1,4-11H,2H3,(H,17,19). The van der Waals surface area contributed by atoms with Gasteiger partial charge in [0.05, 0.1) is 6.20 Å². The summed E-state index contributed by atoms with van der Waals surface area (Å²) in [5.74, 6) is 2.31. The number of aryl methyl sites for hydroxylation is 1. The largest absolute Gasteiger partial charge is 0.322 e. The first-order valence-electron chi connectivity index (χ1n) is 5.72. The molecule has 0 fully saturated rings. The molecule has 0 spiro atoms. The van der Waals surface area contributed by atoms with E-state index in [0.29, 0.717) is 5.69 Å². The summed E-state index contributed by atoms with van der Waals surface area (Å²) in [6.07, 6.45) is 12.0. The smallest absolute Gasteiger partial charge is 0.248 e. The maximum atomic E-state index is 11.7. The molecule has 0 saturated heterocycles. The molecule has 4 heteroatoms. The molecule has 1 aromatic carbocycles. The highest BCUT2D eigenvalue weighted by Crippen LogP contribution is 2.10. The highest BCUT2D eigenvalue weighted by atomic mass is 16.1. The molecule has 2 rings (SSSR count). The van der Waals surface area contributed by atoms with Crippen molar-refractivity contribution in [3.05, 3.63) is 53.9 Å². The number of hydrogen-bond acceptors (Lipinski definition) is 2. The Morgan fingerprint density at radius 1 is 1.53 bits per heavy atom. The van der Waals surface area contributed by atoms with Gasteiger partial charge in [-0.2, -0.15) is 5.10 Å². The third kappa shape index (κ3) is 3.58. The van der Waals surface area contributed by atoms with Crippen LogP contribution in [0.2, 0.25) is 0 Å². The molecule has 0 bridgehead atoms. The van der Waals surface area contributed by atoms with Gasteiger partial charge in [-0.25, -0.2) is 0 Å². The molecule has 0 aliphatic rings. The predicted octanol–water partition coefficient (Wildman–Crippen LogP) is 2.05. The number of nitrogens with one attached hydrogen (secondary N) is 1. The van der Waals surface area contributed by atoms with Crippen LogP contribution in [0.5, 0.6) is 0 Å². The number of nitrogens with zero attached hydrogens (tertiary/aromatic N) is 2. The topological polar surface area (TPSA) is 46.9 Å². The van der Waals surface area contributed by atoms with Crippen LogP contribution < -0.4 is 5.32 Å². The highest BCUT2D eigenvalue weighted by Gasteiger charge is 1.99. The number of carbonyl (C=O) groups excluding carboxylic acids is 1. The SMILES string of the molecule is C#Cc1cccc(NC(=O)C=Cc2cnn(C)c2)c1. The quantitative estimate of drug-likeness (QED) is 0.670. The van der Waals surface area contributed by atoms with Crippen LogP contribution in [-0.4, -0.2) is 15.7 Å². The van der Waals surface area contributed by atoms with Gasteiger partial charge >= 0.3 is 0 Å². The molecular formula is C15H13N3O. The Morgan fingerprint density at radius 2 is 2.37 bits per heavy atom. The summed E-state index contributed by atoms with van der Waals surface area (Å²) >= 11 is 0. The van der Waals surface area contributed by atoms with Crippen LogP contribution in [-0.2, 0) is 11.8 Å². The van der Waals surface area contributed by atoms with Crippen molar-refractivity contribution in [2.75, 3.05) is 5.32 Å². The van der Waals surface area contributed by atoms with E-state index in [4.69, 9.17) is 6.42 Å². The minimum Gasteiger partial charge on any atom is -0.322 e. The monoisotopic (exact) mass is 251 g/mol. The van der Waals surface area contributed by atoms with Gasteiger partial charge in [-0.05, 0) is 24.3 Å². The van der Waals surface area contributed by atoms with E-state index in [1.54, 1.807) is 41.2 Å².